The average Bonchev–Trinajstić information content (AvgIpc) is 3.17. The molecule has 4 rings (SSSR count). The van der Waals surface area contributed by atoms with Crippen molar-refractivity contribution in [3.8, 4) is 0 Å². The number of carbonyl (C=O) groups is 2. The first-order valence-corrected chi connectivity index (χ1v) is 7.98. The fraction of sp³-hybridized carbons (Fsp3) is 0.429. The van der Waals surface area contributed by atoms with Gasteiger partial charge in [-0.3, -0.25) is 9.69 Å². The van der Waals surface area contributed by atoms with Gasteiger partial charge in [0.1, 0.15) is 12.1 Å². The van der Waals surface area contributed by atoms with Crippen LogP contribution in [0.1, 0.15) is 35.1 Å². The van der Waals surface area contributed by atoms with Gasteiger partial charge in [-0.2, -0.15) is 0 Å². The Hall–Kier alpha value is -2.22. The van der Waals surface area contributed by atoms with Crippen LogP contribution in [0, 0.1) is 6.92 Å². The molecule has 1 aliphatic carbocycles. The van der Waals surface area contributed by atoms with Crippen molar-refractivity contribution in [3.05, 3.63) is 33.7 Å². The topological polar surface area (TPSA) is 88.3 Å². The van der Waals surface area contributed by atoms with Crippen molar-refractivity contribution in [1.29, 1.82) is 0 Å². The minimum absolute atomic E-state index is 0.00667. The molecule has 22 heavy (non-hydrogen) atoms. The Morgan fingerprint density at radius 1 is 1.45 bits per heavy atom. The molecular weight excluding hydrogens is 304 g/mol. The zero-order chi connectivity index (χ0) is 15.3. The van der Waals surface area contributed by atoms with Gasteiger partial charge in [-0.25, -0.2) is 4.79 Å². The van der Waals surface area contributed by atoms with Gasteiger partial charge in [-0.1, -0.05) is 0 Å². The summed E-state index contributed by atoms with van der Waals surface area (Å²) in [7, 11) is 0. The van der Waals surface area contributed by atoms with E-state index in [0.29, 0.717) is 12.3 Å². The van der Waals surface area contributed by atoms with E-state index >= 15 is 0 Å². The van der Waals surface area contributed by atoms with Gasteiger partial charge < -0.3 is 9.73 Å². The molecule has 7 nitrogen and oxygen atoms in total. The molecule has 1 spiro atoms. The number of hydrogen-bond donors (Lipinski definition) is 1. The standard InChI is InChI=1S/C14H14N4O3S/c1-8-16-17-11(21-8)7-18-12(19)14(15-13(18)20)5-2-3-10-9(14)4-6-22-10/h4,6H,2-3,5,7H2,1H3,(H,15,20)/t14-/m0/s1. The number of imide groups is 1. The summed E-state index contributed by atoms with van der Waals surface area (Å²) in [5.41, 5.74) is 0.0195. The molecule has 1 N–H and O–H groups in total. The summed E-state index contributed by atoms with van der Waals surface area (Å²) in [4.78, 5) is 27.6. The molecule has 0 unspecified atom stereocenters. The molecule has 1 fully saturated rings. The van der Waals surface area contributed by atoms with E-state index in [1.54, 1.807) is 18.3 Å². The van der Waals surface area contributed by atoms with Crippen LogP contribution in [-0.4, -0.2) is 27.0 Å². The van der Waals surface area contributed by atoms with E-state index in [4.69, 9.17) is 4.42 Å². The number of amides is 3. The number of hydrogen-bond acceptors (Lipinski definition) is 6. The molecule has 114 valence electrons. The minimum Gasteiger partial charge on any atom is -0.424 e. The molecule has 0 radical (unpaired) electrons. The van der Waals surface area contributed by atoms with Crippen LogP contribution in [0.25, 0.3) is 0 Å². The van der Waals surface area contributed by atoms with Crippen LogP contribution in [0.5, 0.6) is 0 Å². The van der Waals surface area contributed by atoms with Crippen LogP contribution < -0.4 is 5.32 Å². The predicted octanol–water partition coefficient (Wildman–Crippen LogP) is 1.72. The highest BCUT2D eigenvalue weighted by Crippen LogP contribution is 2.42. The van der Waals surface area contributed by atoms with E-state index in [2.05, 4.69) is 15.5 Å². The number of nitrogens with one attached hydrogen (secondary N) is 1. The quantitative estimate of drug-likeness (QED) is 0.852. The lowest BCUT2D eigenvalue weighted by Gasteiger charge is -2.31. The fourth-order valence-corrected chi connectivity index (χ4v) is 4.22. The molecule has 2 aliphatic rings. The van der Waals surface area contributed by atoms with Gasteiger partial charge in [0.25, 0.3) is 5.91 Å². The third-order valence-corrected chi connectivity index (χ3v) is 5.18. The van der Waals surface area contributed by atoms with Crippen LogP contribution in [0.15, 0.2) is 15.9 Å². The van der Waals surface area contributed by atoms with Crippen molar-refractivity contribution in [2.24, 2.45) is 0 Å². The number of urea groups is 1. The van der Waals surface area contributed by atoms with Crippen molar-refractivity contribution >= 4 is 23.3 Å². The van der Waals surface area contributed by atoms with Crippen molar-refractivity contribution in [2.45, 2.75) is 38.3 Å². The Morgan fingerprint density at radius 2 is 2.32 bits per heavy atom. The molecule has 1 atom stereocenters. The van der Waals surface area contributed by atoms with Crippen LogP contribution in [0.2, 0.25) is 0 Å². The fourth-order valence-electron chi connectivity index (χ4n) is 3.22. The maximum Gasteiger partial charge on any atom is 0.325 e. The number of aromatic nitrogens is 2. The maximum atomic E-state index is 12.9. The smallest absolute Gasteiger partial charge is 0.325 e. The average molecular weight is 318 g/mol. The van der Waals surface area contributed by atoms with Gasteiger partial charge >= 0.3 is 6.03 Å². The molecule has 0 aromatic carbocycles. The van der Waals surface area contributed by atoms with Gasteiger partial charge in [0.2, 0.25) is 11.8 Å². The second-order valence-electron chi connectivity index (χ2n) is 5.55. The molecule has 1 aliphatic heterocycles. The first-order valence-electron chi connectivity index (χ1n) is 7.10. The number of carbonyl (C=O) groups excluding carboxylic acids is 2. The van der Waals surface area contributed by atoms with Gasteiger partial charge in [0.15, 0.2) is 0 Å². The molecular formula is C14H14N4O3S. The molecule has 1 saturated heterocycles. The largest absolute Gasteiger partial charge is 0.424 e. The lowest BCUT2D eigenvalue weighted by atomic mass is 9.80. The normalized spacial score (nSPS) is 24.0. The highest BCUT2D eigenvalue weighted by Gasteiger charge is 2.54. The zero-order valence-electron chi connectivity index (χ0n) is 12.0. The highest BCUT2D eigenvalue weighted by atomic mass is 32.1. The molecule has 8 heteroatoms. The van der Waals surface area contributed by atoms with Crippen LogP contribution in [-0.2, 0) is 23.3 Å². The van der Waals surface area contributed by atoms with E-state index in [1.165, 1.54) is 9.78 Å². The van der Waals surface area contributed by atoms with Gasteiger partial charge in [-0.15, -0.1) is 21.5 Å². The lowest BCUT2D eigenvalue weighted by molar-refractivity contribution is -0.132. The second kappa shape index (κ2) is 4.64. The van der Waals surface area contributed by atoms with Crippen molar-refractivity contribution < 1.29 is 14.0 Å². The van der Waals surface area contributed by atoms with Crippen molar-refractivity contribution in [2.75, 3.05) is 0 Å². The summed E-state index contributed by atoms with van der Waals surface area (Å²) >= 11 is 1.64. The summed E-state index contributed by atoms with van der Waals surface area (Å²) in [6.45, 7) is 1.68. The molecule has 0 saturated carbocycles. The van der Waals surface area contributed by atoms with Gasteiger partial charge in [0.05, 0.1) is 0 Å². The maximum absolute atomic E-state index is 12.9. The monoisotopic (exact) mass is 318 g/mol. The number of fused-ring (bicyclic) bond motifs is 2. The molecule has 0 bridgehead atoms. The summed E-state index contributed by atoms with van der Waals surface area (Å²) in [5, 5.41) is 12.4. The lowest BCUT2D eigenvalue weighted by Crippen LogP contribution is -2.46. The Labute approximate surface area is 130 Å². The summed E-state index contributed by atoms with van der Waals surface area (Å²) in [6.07, 6.45) is 2.47. The molecule has 3 amide bonds. The third-order valence-electron chi connectivity index (χ3n) is 4.20. The van der Waals surface area contributed by atoms with E-state index < -0.39 is 11.6 Å². The summed E-state index contributed by atoms with van der Waals surface area (Å²) < 4.78 is 5.28. The Morgan fingerprint density at radius 3 is 3.09 bits per heavy atom. The van der Waals surface area contributed by atoms with Crippen molar-refractivity contribution in [3.63, 3.8) is 0 Å². The summed E-state index contributed by atoms with van der Waals surface area (Å²) in [5.74, 6) is 0.446. The molecule has 2 aromatic rings. The second-order valence-corrected chi connectivity index (χ2v) is 6.55. The first kappa shape index (κ1) is 13.4. The van der Waals surface area contributed by atoms with E-state index in [0.717, 1.165) is 18.4 Å². The molecule has 3 heterocycles. The number of nitrogens with zero attached hydrogens (tertiary/aromatic N) is 3. The zero-order valence-corrected chi connectivity index (χ0v) is 12.8. The van der Waals surface area contributed by atoms with Crippen molar-refractivity contribution in [1.82, 2.24) is 20.4 Å². The van der Waals surface area contributed by atoms with E-state index in [-0.39, 0.29) is 18.3 Å². The number of thiophene rings is 1. The Bertz CT molecular complexity index is 768. The van der Waals surface area contributed by atoms with Crippen LogP contribution >= 0.6 is 11.3 Å². The SMILES string of the molecule is Cc1nnc(CN2C(=O)N[C@]3(CCCc4sccc43)C2=O)o1. The van der Waals surface area contributed by atoms with E-state index in [9.17, 15) is 9.59 Å². The van der Waals surface area contributed by atoms with Crippen LogP contribution in [0.4, 0.5) is 4.79 Å². The Kier molecular flexibility index (Phi) is 2.83. The number of aryl methyl sites for hydroxylation is 2. The van der Waals surface area contributed by atoms with E-state index in [1.807, 2.05) is 11.4 Å². The predicted molar refractivity (Wildman–Crippen MR) is 77.1 cm³/mol. The number of rotatable bonds is 2. The minimum atomic E-state index is -0.917. The Balaban J connectivity index is 1.68. The van der Waals surface area contributed by atoms with Gasteiger partial charge in [-0.05, 0) is 30.7 Å². The first-order chi connectivity index (χ1) is 10.6. The highest BCUT2D eigenvalue weighted by molar-refractivity contribution is 7.10. The third kappa shape index (κ3) is 1.80. The van der Waals surface area contributed by atoms with Gasteiger partial charge in [0, 0.05) is 17.4 Å². The summed E-state index contributed by atoms with van der Waals surface area (Å²) in [6, 6.07) is 1.54. The van der Waals surface area contributed by atoms with Crippen LogP contribution in [0.3, 0.4) is 0 Å². The molecule has 2 aromatic heterocycles.